The zero-order valence-corrected chi connectivity index (χ0v) is 16.9. The highest BCUT2D eigenvalue weighted by Crippen LogP contribution is 2.21. The number of hydrogen-bond acceptors (Lipinski definition) is 6. The molecule has 1 atom stereocenters. The molecule has 30 heavy (non-hydrogen) atoms. The second-order valence-corrected chi connectivity index (χ2v) is 7.92. The maximum absolute atomic E-state index is 12.8. The zero-order chi connectivity index (χ0) is 20.3. The molecule has 1 saturated heterocycles. The van der Waals surface area contributed by atoms with Crippen molar-refractivity contribution >= 4 is 11.9 Å². The number of benzene rings is 1. The first-order chi connectivity index (χ1) is 14.8. The second-order valence-electron chi connectivity index (χ2n) is 7.92. The molecule has 154 valence electrons. The van der Waals surface area contributed by atoms with Gasteiger partial charge in [0.2, 0.25) is 11.8 Å². The topological polar surface area (TPSA) is 88.8 Å². The van der Waals surface area contributed by atoms with Crippen LogP contribution in [-0.4, -0.2) is 49.8 Å². The van der Waals surface area contributed by atoms with Crippen molar-refractivity contribution in [3.63, 3.8) is 0 Å². The van der Waals surface area contributed by atoms with E-state index < -0.39 is 0 Å². The number of nitrogens with one attached hydrogen (secondary N) is 1. The molecular weight excluding hydrogens is 378 g/mol. The number of hydrogen-bond donors (Lipinski definition) is 1. The smallest absolute Gasteiger partial charge is 0.289 e. The summed E-state index contributed by atoms with van der Waals surface area (Å²) in [7, 11) is 0. The van der Waals surface area contributed by atoms with E-state index in [1.807, 2.05) is 41.0 Å². The molecule has 1 fully saturated rings. The first kappa shape index (κ1) is 18.7. The van der Waals surface area contributed by atoms with E-state index in [1.165, 1.54) is 6.42 Å². The SMILES string of the molecule is O=C(NC1CCN(c2nccc(-c3ccccc3)n2)C1)c1nnc2n1CCCCC2. The second kappa shape index (κ2) is 8.22. The number of nitrogens with zero attached hydrogens (tertiary/aromatic N) is 6. The van der Waals surface area contributed by atoms with E-state index in [1.54, 1.807) is 6.20 Å². The normalized spacial score (nSPS) is 18.7. The summed E-state index contributed by atoms with van der Waals surface area (Å²) in [5.74, 6) is 1.93. The molecule has 0 saturated carbocycles. The van der Waals surface area contributed by atoms with Gasteiger partial charge in [-0.15, -0.1) is 10.2 Å². The highest BCUT2D eigenvalue weighted by Gasteiger charge is 2.28. The van der Waals surface area contributed by atoms with Gasteiger partial charge in [-0.05, 0) is 25.3 Å². The highest BCUT2D eigenvalue weighted by atomic mass is 16.2. The van der Waals surface area contributed by atoms with E-state index in [2.05, 4.69) is 25.4 Å². The third-order valence-electron chi connectivity index (χ3n) is 5.83. The van der Waals surface area contributed by atoms with Crippen molar-refractivity contribution in [1.29, 1.82) is 0 Å². The van der Waals surface area contributed by atoms with E-state index in [0.29, 0.717) is 18.3 Å². The van der Waals surface area contributed by atoms with Crippen LogP contribution in [0.2, 0.25) is 0 Å². The van der Waals surface area contributed by atoms with Gasteiger partial charge in [-0.3, -0.25) is 4.79 Å². The Morgan fingerprint density at radius 3 is 2.83 bits per heavy atom. The predicted molar refractivity (Wildman–Crippen MR) is 113 cm³/mol. The predicted octanol–water partition coefficient (Wildman–Crippen LogP) is 2.47. The fraction of sp³-hybridized carbons (Fsp3) is 0.409. The lowest BCUT2D eigenvalue weighted by atomic mass is 10.1. The van der Waals surface area contributed by atoms with Gasteiger partial charge in [0, 0.05) is 43.9 Å². The molecule has 1 N–H and O–H groups in total. The molecule has 0 bridgehead atoms. The minimum Gasteiger partial charge on any atom is -0.345 e. The summed E-state index contributed by atoms with van der Waals surface area (Å²) in [4.78, 5) is 24.2. The molecule has 4 heterocycles. The molecule has 3 aromatic rings. The van der Waals surface area contributed by atoms with Crippen LogP contribution >= 0.6 is 0 Å². The standard InChI is InChI=1S/C22H25N7O/c30-21(20-27-26-19-9-5-2-6-13-29(19)20)24-17-11-14-28(15-17)22-23-12-10-18(25-22)16-7-3-1-4-8-16/h1,3-4,7-8,10,12,17H,2,5-6,9,11,13-15H2,(H,24,30). The Morgan fingerprint density at radius 2 is 1.93 bits per heavy atom. The van der Waals surface area contributed by atoms with Crippen molar-refractivity contribution in [2.45, 2.75) is 44.7 Å². The minimum atomic E-state index is -0.138. The molecule has 8 nitrogen and oxygen atoms in total. The molecule has 2 aliphatic heterocycles. The van der Waals surface area contributed by atoms with Gasteiger partial charge in [0.25, 0.3) is 5.91 Å². The van der Waals surface area contributed by atoms with Crippen LogP contribution in [0.3, 0.4) is 0 Å². The molecule has 5 rings (SSSR count). The van der Waals surface area contributed by atoms with E-state index in [9.17, 15) is 4.79 Å². The van der Waals surface area contributed by atoms with Crippen LogP contribution in [0.5, 0.6) is 0 Å². The quantitative estimate of drug-likeness (QED) is 0.720. The average molecular weight is 403 g/mol. The monoisotopic (exact) mass is 403 g/mol. The Labute approximate surface area is 175 Å². The van der Waals surface area contributed by atoms with Gasteiger partial charge in [-0.1, -0.05) is 36.8 Å². The van der Waals surface area contributed by atoms with Crippen LogP contribution in [-0.2, 0) is 13.0 Å². The molecule has 8 heteroatoms. The van der Waals surface area contributed by atoms with Crippen molar-refractivity contribution in [2.75, 3.05) is 18.0 Å². The highest BCUT2D eigenvalue weighted by molar-refractivity contribution is 5.91. The van der Waals surface area contributed by atoms with Crippen molar-refractivity contribution in [3.8, 4) is 11.3 Å². The Morgan fingerprint density at radius 1 is 1.03 bits per heavy atom. The summed E-state index contributed by atoms with van der Waals surface area (Å²) in [5.41, 5.74) is 1.97. The van der Waals surface area contributed by atoms with Crippen molar-refractivity contribution in [3.05, 3.63) is 54.2 Å². The summed E-state index contributed by atoms with van der Waals surface area (Å²) < 4.78 is 1.99. The van der Waals surface area contributed by atoms with E-state index in [-0.39, 0.29) is 11.9 Å². The number of carbonyl (C=O) groups excluding carboxylic acids is 1. The largest absolute Gasteiger partial charge is 0.345 e. The third kappa shape index (κ3) is 3.77. The van der Waals surface area contributed by atoms with Crippen LogP contribution in [0.1, 0.15) is 42.1 Å². The molecule has 0 radical (unpaired) electrons. The lowest BCUT2D eigenvalue weighted by Gasteiger charge is -2.17. The van der Waals surface area contributed by atoms with Gasteiger partial charge < -0.3 is 14.8 Å². The number of aryl methyl sites for hydroxylation is 1. The first-order valence-electron chi connectivity index (χ1n) is 10.6. The number of anilines is 1. The van der Waals surface area contributed by atoms with Crippen LogP contribution in [0.25, 0.3) is 11.3 Å². The first-order valence-corrected chi connectivity index (χ1v) is 10.6. The van der Waals surface area contributed by atoms with Gasteiger partial charge >= 0.3 is 0 Å². The van der Waals surface area contributed by atoms with Gasteiger partial charge in [-0.2, -0.15) is 0 Å². The van der Waals surface area contributed by atoms with E-state index in [0.717, 1.165) is 55.9 Å². The van der Waals surface area contributed by atoms with Gasteiger partial charge in [-0.25, -0.2) is 9.97 Å². The van der Waals surface area contributed by atoms with Crippen LogP contribution in [0, 0.1) is 0 Å². The van der Waals surface area contributed by atoms with Gasteiger partial charge in [0.15, 0.2) is 0 Å². The Bertz CT molecular complexity index is 1030. The van der Waals surface area contributed by atoms with Gasteiger partial charge in [0.05, 0.1) is 5.69 Å². The summed E-state index contributed by atoms with van der Waals surface area (Å²) in [6.45, 7) is 2.31. The molecular formula is C22H25N7O. The third-order valence-corrected chi connectivity index (χ3v) is 5.83. The summed E-state index contributed by atoms with van der Waals surface area (Å²) >= 11 is 0. The fourth-order valence-corrected chi connectivity index (χ4v) is 4.23. The number of amides is 1. The van der Waals surface area contributed by atoms with Crippen LogP contribution < -0.4 is 10.2 Å². The maximum atomic E-state index is 12.8. The number of rotatable bonds is 4. The van der Waals surface area contributed by atoms with Gasteiger partial charge in [0.1, 0.15) is 5.82 Å². The maximum Gasteiger partial charge on any atom is 0.289 e. The number of carbonyl (C=O) groups is 1. The molecule has 1 amide bonds. The lowest BCUT2D eigenvalue weighted by Crippen LogP contribution is -2.38. The van der Waals surface area contributed by atoms with E-state index >= 15 is 0 Å². The Balaban J connectivity index is 1.26. The Kier molecular flexibility index (Phi) is 5.13. The lowest BCUT2D eigenvalue weighted by molar-refractivity contribution is 0.0924. The summed E-state index contributed by atoms with van der Waals surface area (Å²) in [6.07, 6.45) is 6.89. The van der Waals surface area contributed by atoms with E-state index in [4.69, 9.17) is 4.98 Å². The van der Waals surface area contributed by atoms with Crippen LogP contribution in [0.15, 0.2) is 42.6 Å². The van der Waals surface area contributed by atoms with Crippen molar-refractivity contribution < 1.29 is 4.79 Å². The molecule has 0 aliphatic carbocycles. The summed E-state index contributed by atoms with van der Waals surface area (Å²) in [6, 6.07) is 12.0. The van der Waals surface area contributed by atoms with Crippen LogP contribution in [0.4, 0.5) is 5.95 Å². The van der Waals surface area contributed by atoms with Crippen molar-refractivity contribution in [1.82, 2.24) is 30.0 Å². The zero-order valence-electron chi connectivity index (χ0n) is 16.9. The number of aromatic nitrogens is 5. The molecule has 1 unspecified atom stereocenters. The summed E-state index contributed by atoms with van der Waals surface area (Å²) in [5, 5.41) is 11.5. The Hall–Kier alpha value is -3.29. The van der Waals surface area contributed by atoms with Crippen molar-refractivity contribution in [2.24, 2.45) is 0 Å². The molecule has 2 aliphatic rings. The molecule has 2 aromatic heterocycles. The number of fused-ring (bicyclic) bond motifs is 1. The molecule has 0 spiro atoms. The fourth-order valence-electron chi connectivity index (χ4n) is 4.23. The minimum absolute atomic E-state index is 0.0419. The molecule has 1 aromatic carbocycles. The average Bonchev–Trinajstić information content (AvgIpc) is 3.35.